The third kappa shape index (κ3) is 3.19. The monoisotopic (exact) mass is 303 g/mol. The third-order valence-electron chi connectivity index (χ3n) is 2.76. The molecule has 2 aromatic rings. The van der Waals surface area contributed by atoms with Crippen molar-refractivity contribution < 1.29 is 0 Å². The Balaban J connectivity index is 2.31. The van der Waals surface area contributed by atoms with E-state index in [-0.39, 0.29) is 0 Å². The number of nitrogens with one attached hydrogen (secondary N) is 1. The van der Waals surface area contributed by atoms with Crippen LogP contribution in [0.15, 0.2) is 23.7 Å². The summed E-state index contributed by atoms with van der Waals surface area (Å²) in [6.45, 7) is 5.88. The number of benzene rings is 1. The molecule has 0 atom stereocenters. The highest BCUT2D eigenvalue weighted by molar-refractivity contribution is 7.10. The van der Waals surface area contributed by atoms with Gasteiger partial charge in [-0.15, -0.1) is 11.3 Å². The second kappa shape index (κ2) is 6.08. The largest absolute Gasteiger partial charge is 0.359 e. The van der Waals surface area contributed by atoms with Gasteiger partial charge in [-0.2, -0.15) is 5.26 Å². The summed E-state index contributed by atoms with van der Waals surface area (Å²) in [6, 6.07) is 6.09. The molecule has 102 valence electrons. The van der Waals surface area contributed by atoms with Crippen LogP contribution >= 0.6 is 22.9 Å². The standard InChI is InChI=1S/C15H14ClN3S/c1-9-4-10(2)14(13(16)5-9)18-7-12(6-17)15-19-11(3)8-20-15/h4-5,7-8,18H,1-3H3/b12-7+. The number of thiazole rings is 1. The summed E-state index contributed by atoms with van der Waals surface area (Å²) in [5, 5.41) is 15.6. The molecule has 1 aromatic carbocycles. The molecule has 0 unspecified atom stereocenters. The Morgan fingerprint density at radius 2 is 2.15 bits per heavy atom. The zero-order chi connectivity index (χ0) is 14.7. The molecule has 20 heavy (non-hydrogen) atoms. The summed E-state index contributed by atoms with van der Waals surface area (Å²) in [7, 11) is 0. The summed E-state index contributed by atoms with van der Waals surface area (Å²) in [5.74, 6) is 0. The van der Waals surface area contributed by atoms with Crippen LogP contribution in [0.3, 0.4) is 0 Å². The lowest BCUT2D eigenvalue weighted by Gasteiger charge is -2.09. The van der Waals surface area contributed by atoms with Gasteiger partial charge in [0.25, 0.3) is 0 Å². The normalized spacial score (nSPS) is 11.2. The van der Waals surface area contributed by atoms with Crippen molar-refractivity contribution in [1.29, 1.82) is 5.26 Å². The zero-order valence-electron chi connectivity index (χ0n) is 11.5. The number of rotatable bonds is 3. The highest BCUT2D eigenvalue weighted by Crippen LogP contribution is 2.28. The van der Waals surface area contributed by atoms with E-state index in [0.717, 1.165) is 22.5 Å². The lowest BCUT2D eigenvalue weighted by molar-refractivity contribution is 1.24. The molecule has 5 heteroatoms. The van der Waals surface area contributed by atoms with E-state index in [2.05, 4.69) is 16.4 Å². The molecule has 2 rings (SSSR count). The van der Waals surface area contributed by atoms with E-state index in [0.29, 0.717) is 15.6 Å². The number of aromatic nitrogens is 1. The Kier molecular flexibility index (Phi) is 4.43. The maximum Gasteiger partial charge on any atom is 0.135 e. The summed E-state index contributed by atoms with van der Waals surface area (Å²) < 4.78 is 0. The highest BCUT2D eigenvalue weighted by atomic mass is 35.5. The number of allylic oxidation sites excluding steroid dienone is 1. The summed E-state index contributed by atoms with van der Waals surface area (Å²) in [5.41, 5.74) is 4.38. The van der Waals surface area contributed by atoms with Crippen LogP contribution in [-0.2, 0) is 0 Å². The van der Waals surface area contributed by atoms with Crippen LogP contribution in [0.25, 0.3) is 5.57 Å². The van der Waals surface area contributed by atoms with Gasteiger partial charge in [0.2, 0.25) is 0 Å². The molecule has 0 aliphatic heterocycles. The zero-order valence-corrected chi connectivity index (χ0v) is 13.1. The van der Waals surface area contributed by atoms with Crippen molar-refractivity contribution in [3.05, 3.63) is 50.6 Å². The first-order valence-electron chi connectivity index (χ1n) is 6.07. The van der Waals surface area contributed by atoms with E-state index >= 15 is 0 Å². The fourth-order valence-electron chi connectivity index (χ4n) is 1.86. The van der Waals surface area contributed by atoms with Crippen LogP contribution < -0.4 is 5.32 Å². The third-order valence-corrected chi connectivity index (χ3v) is 4.05. The molecule has 1 N–H and O–H groups in total. The molecule has 0 saturated heterocycles. The second-order valence-electron chi connectivity index (χ2n) is 4.55. The fourth-order valence-corrected chi connectivity index (χ4v) is 3.00. The first kappa shape index (κ1) is 14.6. The van der Waals surface area contributed by atoms with E-state index < -0.39 is 0 Å². The van der Waals surface area contributed by atoms with E-state index in [9.17, 15) is 5.26 Å². The predicted octanol–water partition coefficient (Wildman–Crippen LogP) is 4.70. The SMILES string of the molecule is Cc1cc(C)c(N/C=C(\C#N)c2nc(C)cs2)c(Cl)c1. The number of nitrogens with zero attached hydrogens (tertiary/aromatic N) is 2. The Labute approximate surface area is 127 Å². The molecule has 0 saturated carbocycles. The van der Waals surface area contributed by atoms with Crippen LogP contribution in [-0.4, -0.2) is 4.98 Å². The highest BCUT2D eigenvalue weighted by Gasteiger charge is 2.07. The van der Waals surface area contributed by atoms with Crippen molar-refractivity contribution in [3.63, 3.8) is 0 Å². The fraction of sp³-hybridized carbons (Fsp3) is 0.200. The minimum Gasteiger partial charge on any atom is -0.359 e. The first-order chi connectivity index (χ1) is 9.51. The maximum absolute atomic E-state index is 9.22. The van der Waals surface area contributed by atoms with E-state index in [1.165, 1.54) is 11.3 Å². The molecule has 0 aliphatic carbocycles. The van der Waals surface area contributed by atoms with Gasteiger partial charge in [-0.1, -0.05) is 17.7 Å². The molecular weight excluding hydrogens is 290 g/mol. The van der Waals surface area contributed by atoms with Gasteiger partial charge in [0.15, 0.2) is 0 Å². The van der Waals surface area contributed by atoms with Crippen LogP contribution in [0, 0.1) is 32.1 Å². The van der Waals surface area contributed by atoms with Crippen molar-refractivity contribution in [2.24, 2.45) is 0 Å². The van der Waals surface area contributed by atoms with E-state index in [1.807, 2.05) is 38.3 Å². The van der Waals surface area contributed by atoms with E-state index in [1.54, 1.807) is 6.20 Å². The molecule has 1 aromatic heterocycles. The molecule has 1 heterocycles. The Morgan fingerprint density at radius 3 is 2.70 bits per heavy atom. The predicted molar refractivity (Wildman–Crippen MR) is 85.0 cm³/mol. The van der Waals surface area contributed by atoms with Gasteiger partial charge in [-0.05, 0) is 38.0 Å². The first-order valence-corrected chi connectivity index (χ1v) is 7.33. The minimum absolute atomic E-state index is 0.499. The van der Waals surface area contributed by atoms with Gasteiger partial charge in [0, 0.05) is 17.3 Å². The molecule has 0 bridgehead atoms. The van der Waals surface area contributed by atoms with Gasteiger partial charge in [-0.25, -0.2) is 4.98 Å². The van der Waals surface area contributed by atoms with Crippen molar-refractivity contribution in [3.8, 4) is 6.07 Å². The van der Waals surface area contributed by atoms with E-state index in [4.69, 9.17) is 11.6 Å². The molecule has 3 nitrogen and oxygen atoms in total. The molecule has 0 fully saturated rings. The average molecular weight is 304 g/mol. The Bertz CT molecular complexity index is 687. The van der Waals surface area contributed by atoms with Crippen LogP contribution in [0.1, 0.15) is 21.8 Å². The summed E-state index contributed by atoms with van der Waals surface area (Å²) in [4.78, 5) is 4.31. The number of aryl methyl sites for hydroxylation is 3. The van der Waals surface area contributed by atoms with Gasteiger partial charge in [-0.3, -0.25) is 0 Å². The number of nitriles is 1. The van der Waals surface area contributed by atoms with Crippen LogP contribution in [0.2, 0.25) is 5.02 Å². The Hall–Kier alpha value is -1.83. The molecule has 0 radical (unpaired) electrons. The lowest BCUT2D eigenvalue weighted by Crippen LogP contribution is -1.95. The number of anilines is 1. The van der Waals surface area contributed by atoms with Crippen LogP contribution in [0.4, 0.5) is 5.69 Å². The summed E-state index contributed by atoms with van der Waals surface area (Å²) in [6.07, 6.45) is 1.65. The maximum atomic E-state index is 9.22. The molecule has 0 spiro atoms. The van der Waals surface area contributed by atoms with Crippen molar-refractivity contribution in [1.82, 2.24) is 4.98 Å². The van der Waals surface area contributed by atoms with Gasteiger partial charge < -0.3 is 5.32 Å². The number of hydrogen-bond acceptors (Lipinski definition) is 4. The Morgan fingerprint density at radius 1 is 1.40 bits per heavy atom. The molecular formula is C15H14ClN3S. The van der Waals surface area contributed by atoms with Crippen molar-refractivity contribution >= 4 is 34.2 Å². The van der Waals surface area contributed by atoms with Crippen LogP contribution in [0.5, 0.6) is 0 Å². The van der Waals surface area contributed by atoms with Crippen molar-refractivity contribution in [2.75, 3.05) is 5.32 Å². The topological polar surface area (TPSA) is 48.7 Å². The average Bonchev–Trinajstić information content (AvgIpc) is 2.79. The number of hydrogen-bond donors (Lipinski definition) is 1. The molecule has 0 aliphatic rings. The quantitative estimate of drug-likeness (QED) is 0.836. The second-order valence-corrected chi connectivity index (χ2v) is 5.81. The van der Waals surface area contributed by atoms with Gasteiger partial charge in [0.1, 0.15) is 16.6 Å². The van der Waals surface area contributed by atoms with Gasteiger partial charge >= 0.3 is 0 Å². The molecule has 0 amide bonds. The van der Waals surface area contributed by atoms with Gasteiger partial charge in [0.05, 0.1) is 10.7 Å². The minimum atomic E-state index is 0.499. The number of halogens is 1. The summed E-state index contributed by atoms with van der Waals surface area (Å²) >= 11 is 7.68. The lowest BCUT2D eigenvalue weighted by atomic mass is 10.1. The smallest absolute Gasteiger partial charge is 0.135 e. The van der Waals surface area contributed by atoms with Crippen molar-refractivity contribution in [2.45, 2.75) is 20.8 Å².